The Morgan fingerprint density at radius 1 is 0.964 bits per heavy atom. The molecule has 2 aromatic heterocycles. The van der Waals surface area contributed by atoms with Gasteiger partial charge in [0.2, 0.25) is 0 Å². The van der Waals surface area contributed by atoms with E-state index in [1.54, 1.807) is 6.33 Å². The fourth-order valence-electron chi connectivity index (χ4n) is 3.33. The molecule has 0 fully saturated rings. The van der Waals surface area contributed by atoms with Crippen molar-refractivity contribution >= 4 is 16.9 Å². The Labute approximate surface area is 165 Å². The lowest BCUT2D eigenvalue weighted by Gasteiger charge is -2.12. The zero-order valence-corrected chi connectivity index (χ0v) is 16.6. The highest BCUT2D eigenvalue weighted by Gasteiger charge is 2.17. The van der Waals surface area contributed by atoms with E-state index in [-0.39, 0.29) is 0 Å². The summed E-state index contributed by atoms with van der Waals surface area (Å²) < 4.78 is 2.15. The number of hydrogen-bond donors (Lipinski definition) is 1. The van der Waals surface area contributed by atoms with Gasteiger partial charge in [-0.2, -0.15) is 0 Å². The number of nitrogens with one attached hydrogen (secondary N) is 1. The molecule has 4 aromatic rings. The van der Waals surface area contributed by atoms with Gasteiger partial charge in [-0.1, -0.05) is 48.0 Å². The van der Waals surface area contributed by atoms with Gasteiger partial charge in [0.1, 0.15) is 12.1 Å². The Kier molecular flexibility index (Phi) is 5.08. The molecule has 5 nitrogen and oxygen atoms in total. The molecule has 2 aromatic carbocycles. The number of benzene rings is 2. The van der Waals surface area contributed by atoms with Gasteiger partial charge in [-0.15, -0.1) is 0 Å². The van der Waals surface area contributed by atoms with Crippen LogP contribution < -0.4 is 5.32 Å². The lowest BCUT2D eigenvalue weighted by Crippen LogP contribution is -2.21. The molecule has 0 aliphatic carbocycles. The van der Waals surface area contributed by atoms with Crippen molar-refractivity contribution in [3.8, 4) is 16.8 Å². The van der Waals surface area contributed by atoms with Crippen molar-refractivity contribution < 1.29 is 0 Å². The number of likely N-dealkylation sites (N-methyl/N-ethyl adjacent to an activating group) is 1. The van der Waals surface area contributed by atoms with Gasteiger partial charge in [-0.25, -0.2) is 9.97 Å². The third-order valence-corrected chi connectivity index (χ3v) is 4.83. The summed E-state index contributed by atoms with van der Waals surface area (Å²) in [6.45, 7) is 3.86. The molecule has 5 heteroatoms. The number of anilines is 1. The quantitative estimate of drug-likeness (QED) is 0.547. The predicted octanol–water partition coefficient (Wildman–Crippen LogP) is 4.37. The highest BCUT2D eigenvalue weighted by Crippen LogP contribution is 2.35. The van der Waals surface area contributed by atoms with Gasteiger partial charge in [-0.05, 0) is 38.7 Å². The Hall–Kier alpha value is -3.18. The Morgan fingerprint density at radius 2 is 1.71 bits per heavy atom. The van der Waals surface area contributed by atoms with Crippen LogP contribution in [0.15, 0.2) is 67.1 Å². The molecule has 0 aliphatic rings. The lowest BCUT2D eigenvalue weighted by atomic mass is 10.1. The number of hydrogen-bond acceptors (Lipinski definition) is 4. The second-order valence-electron chi connectivity index (χ2n) is 7.27. The maximum Gasteiger partial charge on any atom is 0.150 e. The monoisotopic (exact) mass is 371 g/mol. The first-order valence-electron chi connectivity index (χ1n) is 9.50. The van der Waals surface area contributed by atoms with Crippen LogP contribution in [-0.2, 0) is 0 Å². The third-order valence-electron chi connectivity index (χ3n) is 4.83. The van der Waals surface area contributed by atoms with Crippen LogP contribution in [0.4, 0.5) is 5.82 Å². The first-order valence-corrected chi connectivity index (χ1v) is 9.50. The van der Waals surface area contributed by atoms with Gasteiger partial charge in [0, 0.05) is 30.5 Å². The number of nitrogens with zero attached hydrogens (tertiary/aromatic N) is 4. The molecule has 1 N–H and O–H groups in total. The Morgan fingerprint density at radius 3 is 2.43 bits per heavy atom. The maximum absolute atomic E-state index is 4.63. The predicted molar refractivity (Wildman–Crippen MR) is 116 cm³/mol. The Bertz CT molecular complexity index is 1070. The minimum Gasteiger partial charge on any atom is -0.368 e. The average molecular weight is 371 g/mol. The van der Waals surface area contributed by atoms with Crippen LogP contribution in [0.5, 0.6) is 0 Å². The van der Waals surface area contributed by atoms with Crippen molar-refractivity contribution in [2.45, 2.75) is 6.92 Å². The van der Waals surface area contributed by atoms with Crippen molar-refractivity contribution in [3.05, 3.63) is 72.7 Å². The highest BCUT2D eigenvalue weighted by atomic mass is 15.1. The van der Waals surface area contributed by atoms with E-state index in [0.29, 0.717) is 0 Å². The molecule has 0 radical (unpaired) electrons. The minimum absolute atomic E-state index is 0.822. The van der Waals surface area contributed by atoms with E-state index in [2.05, 4.69) is 100 Å². The first kappa shape index (κ1) is 18.2. The molecular formula is C23H25N5. The second-order valence-corrected chi connectivity index (χ2v) is 7.27. The van der Waals surface area contributed by atoms with Crippen LogP contribution in [0.1, 0.15) is 5.56 Å². The van der Waals surface area contributed by atoms with E-state index in [0.717, 1.165) is 46.8 Å². The molecule has 0 spiro atoms. The smallest absolute Gasteiger partial charge is 0.150 e. The SMILES string of the molecule is Cc1ccc(-n2cc(-c3ccccc3)c3c(NCCN(C)C)ncnc32)cc1. The average Bonchev–Trinajstić information content (AvgIpc) is 3.10. The van der Waals surface area contributed by atoms with Crippen molar-refractivity contribution in [3.63, 3.8) is 0 Å². The van der Waals surface area contributed by atoms with Gasteiger partial charge in [-0.3, -0.25) is 0 Å². The highest BCUT2D eigenvalue weighted by molar-refractivity contribution is 6.02. The molecule has 0 saturated heterocycles. The van der Waals surface area contributed by atoms with Gasteiger partial charge in [0.15, 0.2) is 5.65 Å². The van der Waals surface area contributed by atoms with E-state index < -0.39 is 0 Å². The molecule has 142 valence electrons. The minimum atomic E-state index is 0.822. The largest absolute Gasteiger partial charge is 0.368 e. The molecule has 0 bridgehead atoms. The number of aromatic nitrogens is 3. The zero-order valence-electron chi connectivity index (χ0n) is 16.6. The summed E-state index contributed by atoms with van der Waals surface area (Å²) in [5.41, 5.74) is 5.53. The second kappa shape index (κ2) is 7.82. The number of aryl methyl sites for hydroxylation is 1. The van der Waals surface area contributed by atoms with E-state index in [1.165, 1.54) is 5.56 Å². The van der Waals surface area contributed by atoms with E-state index >= 15 is 0 Å². The van der Waals surface area contributed by atoms with E-state index in [1.807, 2.05) is 6.07 Å². The molecule has 0 unspecified atom stereocenters. The molecular weight excluding hydrogens is 346 g/mol. The molecule has 0 saturated carbocycles. The van der Waals surface area contributed by atoms with E-state index in [9.17, 15) is 0 Å². The maximum atomic E-state index is 4.63. The molecule has 4 rings (SSSR count). The van der Waals surface area contributed by atoms with Crippen LogP contribution in [0.25, 0.3) is 27.8 Å². The van der Waals surface area contributed by atoms with Crippen LogP contribution in [0.2, 0.25) is 0 Å². The topological polar surface area (TPSA) is 46.0 Å². The zero-order chi connectivity index (χ0) is 19.5. The fraction of sp³-hybridized carbons (Fsp3) is 0.217. The van der Waals surface area contributed by atoms with Crippen LogP contribution in [0.3, 0.4) is 0 Å². The number of fused-ring (bicyclic) bond motifs is 1. The normalized spacial score (nSPS) is 11.3. The summed E-state index contributed by atoms with van der Waals surface area (Å²) in [4.78, 5) is 11.3. The van der Waals surface area contributed by atoms with Crippen molar-refractivity contribution in [2.75, 3.05) is 32.5 Å². The van der Waals surface area contributed by atoms with Gasteiger partial charge >= 0.3 is 0 Å². The summed E-state index contributed by atoms with van der Waals surface area (Å²) >= 11 is 0. The number of rotatable bonds is 6. The molecule has 0 atom stereocenters. The van der Waals surface area contributed by atoms with E-state index in [4.69, 9.17) is 0 Å². The van der Waals surface area contributed by atoms with Crippen LogP contribution in [0, 0.1) is 6.92 Å². The summed E-state index contributed by atoms with van der Waals surface area (Å²) in [7, 11) is 4.14. The molecule has 2 heterocycles. The summed E-state index contributed by atoms with van der Waals surface area (Å²) in [6, 6.07) is 18.9. The first-order chi connectivity index (χ1) is 13.6. The summed E-state index contributed by atoms with van der Waals surface area (Å²) in [6.07, 6.45) is 3.80. The lowest BCUT2D eigenvalue weighted by molar-refractivity contribution is 0.425. The van der Waals surface area contributed by atoms with Gasteiger partial charge in [0.05, 0.1) is 5.39 Å². The third kappa shape index (κ3) is 3.62. The fourth-order valence-corrected chi connectivity index (χ4v) is 3.33. The van der Waals surface area contributed by atoms with Crippen LogP contribution >= 0.6 is 0 Å². The van der Waals surface area contributed by atoms with Crippen molar-refractivity contribution in [1.82, 2.24) is 19.4 Å². The molecule has 0 amide bonds. The van der Waals surface area contributed by atoms with Crippen molar-refractivity contribution in [2.24, 2.45) is 0 Å². The summed E-state index contributed by atoms with van der Waals surface area (Å²) in [5.74, 6) is 0.872. The Balaban J connectivity index is 1.88. The van der Waals surface area contributed by atoms with Gasteiger partial charge in [0.25, 0.3) is 0 Å². The molecule has 28 heavy (non-hydrogen) atoms. The van der Waals surface area contributed by atoms with Crippen molar-refractivity contribution in [1.29, 1.82) is 0 Å². The van der Waals surface area contributed by atoms with Gasteiger partial charge < -0.3 is 14.8 Å². The summed E-state index contributed by atoms with van der Waals surface area (Å²) in [5, 5.41) is 4.55. The molecule has 0 aliphatic heterocycles. The van der Waals surface area contributed by atoms with Crippen LogP contribution in [-0.4, -0.2) is 46.6 Å². The standard InChI is InChI=1S/C23H25N5/c1-17-9-11-19(12-10-17)28-15-20(18-7-5-4-6-8-18)21-22(24-13-14-27(2)3)25-16-26-23(21)28/h4-12,15-16H,13-14H2,1-3H3,(H,24,25,26).